The molecule has 32 nitrogen and oxygen atoms in total. The number of nitriles is 1. The number of hydrogen-bond acceptors (Lipinski definition) is 32. The Morgan fingerprint density at radius 3 is 1.07 bits per heavy atom. The number of anilines is 8. The molecule has 17 rings (SSSR count). The molecule has 12 aromatic rings. The lowest BCUT2D eigenvalue weighted by atomic mass is 10.1. The number of morpholine rings is 5. The van der Waals surface area contributed by atoms with Crippen molar-refractivity contribution in [2.24, 2.45) is 0 Å². The van der Waals surface area contributed by atoms with E-state index in [9.17, 15) is 22.0 Å². The second kappa shape index (κ2) is 33.0. The molecule has 0 saturated carbocycles. The van der Waals surface area contributed by atoms with Crippen LogP contribution in [0.5, 0.6) is 5.75 Å². The van der Waals surface area contributed by atoms with Gasteiger partial charge < -0.3 is 71.0 Å². The van der Waals surface area contributed by atoms with Gasteiger partial charge >= 0.3 is 6.36 Å². The van der Waals surface area contributed by atoms with Crippen molar-refractivity contribution in [1.82, 2.24) is 84.6 Å². The molecule has 5 aliphatic heterocycles. The summed E-state index contributed by atoms with van der Waals surface area (Å²) in [7, 11) is 0. The number of aromatic nitrogens is 16. The summed E-state index contributed by atoms with van der Waals surface area (Å²) in [5, 5.41) is 8.92. The second-order valence-electron chi connectivity index (χ2n) is 24.7. The summed E-state index contributed by atoms with van der Waals surface area (Å²) in [5.74, 6) is 0.782. The zero-order valence-corrected chi connectivity index (χ0v) is 57.8. The first-order valence-corrected chi connectivity index (χ1v) is 34.3. The molecular weight excluding hydrogens is 1410 g/mol. The fourth-order valence-electron chi connectivity index (χ4n) is 12.2. The minimum absolute atomic E-state index is 0.0270. The quantitative estimate of drug-likeness (QED) is 0.0956. The number of benzene rings is 4. The van der Waals surface area contributed by atoms with Gasteiger partial charge in [-0.3, -0.25) is 4.90 Å². The molecule has 0 spiro atoms. The Balaban J connectivity index is 0.000000121. The number of nitrogens with two attached hydrogens (primary N) is 4. The van der Waals surface area contributed by atoms with Crippen LogP contribution in [0.25, 0.3) is 89.7 Å². The van der Waals surface area contributed by atoms with E-state index in [0.29, 0.717) is 177 Å². The highest BCUT2D eigenvalue weighted by atomic mass is 19.4. The van der Waals surface area contributed by atoms with E-state index >= 15 is 0 Å². The first-order chi connectivity index (χ1) is 52.5. The zero-order valence-electron chi connectivity index (χ0n) is 57.8. The molecular formula is C71H69F5N26O6. The first-order valence-electron chi connectivity index (χ1n) is 34.3. The molecule has 5 fully saturated rings. The van der Waals surface area contributed by atoms with Gasteiger partial charge in [-0.1, -0.05) is 42.5 Å². The summed E-state index contributed by atoms with van der Waals surface area (Å²) in [6.45, 7) is 14.7. The summed E-state index contributed by atoms with van der Waals surface area (Å²) in [5.41, 5.74) is 33.6. The number of halogens is 5. The molecule has 0 bridgehead atoms. The van der Waals surface area contributed by atoms with Crippen LogP contribution in [0.3, 0.4) is 0 Å². The van der Waals surface area contributed by atoms with Crippen LogP contribution in [-0.2, 0) is 30.2 Å². The third kappa shape index (κ3) is 17.5. The van der Waals surface area contributed by atoms with Gasteiger partial charge in [-0.25, -0.2) is 48.7 Å². The van der Waals surface area contributed by atoms with E-state index in [1.165, 1.54) is 54.4 Å². The Labute approximate surface area is 612 Å². The van der Waals surface area contributed by atoms with E-state index in [1.54, 1.807) is 24.5 Å². The Morgan fingerprint density at radius 2 is 0.722 bits per heavy atom. The summed E-state index contributed by atoms with van der Waals surface area (Å²) >= 11 is 0. The molecule has 37 heteroatoms. The van der Waals surface area contributed by atoms with Gasteiger partial charge in [0.2, 0.25) is 23.8 Å². The third-order valence-electron chi connectivity index (χ3n) is 17.5. The van der Waals surface area contributed by atoms with Crippen LogP contribution in [0, 0.1) is 23.0 Å². The van der Waals surface area contributed by atoms with Crippen molar-refractivity contribution in [1.29, 1.82) is 5.26 Å². The number of ether oxygens (including phenoxy) is 6. The zero-order chi connectivity index (χ0) is 74.7. The van der Waals surface area contributed by atoms with E-state index in [4.69, 9.17) is 61.8 Å². The molecule has 5 aliphatic rings. The van der Waals surface area contributed by atoms with Crippen molar-refractivity contribution in [3.63, 3.8) is 0 Å². The van der Waals surface area contributed by atoms with Gasteiger partial charge in [0.25, 0.3) is 0 Å². The lowest BCUT2D eigenvalue weighted by Gasteiger charge is -2.28. The highest BCUT2D eigenvalue weighted by molar-refractivity contribution is 5.89. The van der Waals surface area contributed by atoms with E-state index < -0.39 is 18.0 Å². The molecule has 108 heavy (non-hydrogen) atoms. The van der Waals surface area contributed by atoms with Gasteiger partial charge in [0.1, 0.15) is 5.75 Å². The molecule has 0 radical (unpaired) electrons. The number of nitrogen functional groups attached to an aromatic ring is 4. The SMILES string of the molecule is N#Cc1ccc(-c2cnc3nc(N)nc(N4CCOCC4)c3n2)cc1.Nc1nc(N2CCOCC2)c2nc(-c3ccc(CN4CCOCC4)cc3)cnc2n1.Nc1nc(N2CCOCC2)c2nc(-c3ccc(OC(F)(F)F)cc3)cnc2n1.Nc1nc(N2CCOCC2)c2nc(-c3cccc(F)c3F)cnc2n1. The number of nitrogens with zero attached hydrogens (tertiary/aromatic N) is 22. The summed E-state index contributed by atoms with van der Waals surface area (Å²) < 4.78 is 95.4. The fourth-order valence-corrected chi connectivity index (χ4v) is 12.2. The maximum Gasteiger partial charge on any atom is 0.573 e. The van der Waals surface area contributed by atoms with Crippen molar-refractivity contribution >= 4 is 91.7 Å². The van der Waals surface area contributed by atoms with Crippen molar-refractivity contribution in [2.75, 3.05) is 174 Å². The smallest absolute Gasteiger partial charge is 0.406 e. The van der Waals surface area contributed by atoms with Crippen LogP contribution in [0.2, 0.25) is 0 Å². The summed E-state index contributed by atoms with van der Waals surface area (Å²) in [6, 6.07) is 27.1. The van der Waals surface area contributed by atoms with Gasteiger partial charge in [-0.15, -0.1) is 13.2 Å². The van der Waals surface area contributed by atoms with Crippen molar-refractivity contribution in [2.45, 2.75) is 12.9 Å². The van der Waals surface area contributed by atoms with Crippen LogP contribution in [0.15, 0.2) is 116 Å². The van der Waals surface area contributed by atoms with Crippen LogP contribution < -0.4 is 47.3 Å². The predicted molar refractivity (Wildman–Crippen MR) is 389 cm³/mol. The largest absolute Gasteiger partial charge is 0.573 e. The van der Waals surface area contributed by atoms with Crippen molar-refractivity contribution < 1.29 is 50.4 Å². The molecule has 4 aromatic carbocycles. The van der Waals surface area contributed by atoms with Crippen molar-refractivity contribution in [3.8, 4) is 56.8 Å². The van der Waals surface area contributed by atoms with Crippen LogP contribution >= 0.6 is 0 Å². The second-order valence-corrected chi connectivity index (χ2v) is 24.7. The number of fused-ring (bicyclic) bond motifs is 4. The Morgan fingerprint density at radius 1 is 0.398 bits per heavy atom. The normalized spacial score (nSPS) is 15.7. The van der Waals surface area contributed by atoms with E-state index in [2.05, 4.69) is 120 Å². The number of alkyl halides is 3. The van der Waals surface area contributed by atoms with E-state index in [-0.39, 0.29) is 40.8 Å². The van der Waals surface area contributed by atoms with Gasteiger partial charge in [0.05, 0.1) is 125 Å². The van der Waals surface area contributed by atoms with Gasteiger partial charge in [-0.2, -0.15) is 45.1 Å². The highest BCUT2D eigenvalue weighted by Crippen LogP contribution is 2.33. The molecule has 0 atom stereocenters. The van der Waals surface area contributed by atoms with Crippen LogP contribution in [0.4, 0.5) is 69.0 Å². The summed E-state index contributed by atoms with van der Waals surface area (Å²) in [4.78, 5) is 80.6. The predicted octanol–water partition coefficient (Wildman–Crippen LogP) is 6.90. The average molecular weight is 1480 g/mol. The highest BCUT2D eigenvalue weighted by Gasteiger charge is 2.31. The Bertz CT molecular complexity index is 5210. The molecule has 13 heterocycles. The third-order valence-corrected chi connectivity index (χ3v) is 17.5. The maximum absolute atomic E-state index is 14.1. The lowest BCUT2D eigenvalue weighted by molar-refractivity contribution is -0.274. The maximum atomic E-state index is 14.1. The van der Waals surface area contributed by atoms with Gasteiger partial charge in [0.15, 0.2) is 79.6 Å². The molecule has 0 unspecified atom stereocenters. The lowest BCUT2D eigenvalue weighted by Crippen LogP contribution is -2.37. The minimum atomic E-state index is -4.74. The number of hydrogen-bond donors (Lipinski definition) is 4. The minimum Gasteiger partial charge on any atom is -0.406 e. The molecule has 554 valence electrons. The molecule has 8 aromatic heterocycles. The number of rotatable bonds is 11. The van der Waals surface area contributed by atoms with Crippen molar-refractivity contribution in [3.05, 3.63) is 139 Å². The Hall–Kier alpha value is -12.3. The molecule has 0 amide bonds. The fraction of sp³-hybridized carbons (Fsp3) is 0.310. The first kappa shape index (κ1) is 72.6. The summed E-state index contributed by atoms with van der Waals surface area (Å²) in [6.07, 6.45) is 1.48. The topological polar surface area (TPSA) is 406 Å². The van der Waals surface area contributed by atoms with Crippen LogP contribution in [0.1, 0.15) is 11.1 Å². The molecule has 0 aliphatic carbocycles. The van der Waals surface area contributed by atoms with E-state index in [0.717, 1.165) is 74.6 Å². The molecule has 5 saturated heterocycles. The van der Waals surface area contributed by atoms with Gasteiger partial charge in [-0.05, 0) is 54.1 Å². The van der Waals surface area contributed by atoms with Crippen LogP contribution in [-0.4, -0.2) is 223 Å². The standard InChI is InChI=1S/C21H25N7O2.C17H15F3N6O2.C17H15N7O.C16H14F2N6O/c22-21-25-19-18(20(26-21)28-7-11-30-12-8-28)24-17(13-23-19)16-3-1-15(2-4-16)14-27-5-9-29-10-6-27;18-17(19,20)28-11-3-1-10(2-4-11)12-9-22-14-13(23-12)15(25-16(21)24-14)26-5-7-27-8-6-26;18-9-11-1-3-12(4-2-11)13-10-20-15-14(21-13)16(23-17(19)22-15)24-5-7-25-8-6-24;17-10-3-1-2-9(12(10)18)11-8-20-14-13(21-11)15(23-16(19)22-14)24-4-6-25-7-5-24/h1-4,13H,5-12,14H2,(H2,22,23,25,26);1-4,9H,5-8H2,(H2,21,22,24,25);1-4,10H,5-8H2,(H2,19,20,22,23);1-3,8H,4-7H2,(H2,19,20,22,23). The van der Waals surface area contributed by atoms with E-state index in [1.807, 2.05) is 21.9 Å². The van der Waals surface area contributed by atoms with Gasteiger partial charge in [0, 0.05) is 94.2 Å². The Kier molecular flexibility index (Phi) is 22.2. The average Bonchev–Trinajstić information content (AvgIpc) is 0.791. The monoisotopic (exact) mass is 1480 g/mol. The molecule has 8 N–H and O–H groups in total.